The molecule has 1 aliphatic heterocycles. The largest absolute Gasteiger partial charge is 0.486 e. The van der Waals surface area contributed by atoms with E-state index in [0.29, 0.717) is 42.0 Å². The number of fused-ring (bicyclic) bond motifs is 1. The van der Waals surface area contributed by atoms with Gasteiger partial charge in [-0.3, -0.25) is 9.78 Å². The molecule has 8 nitrogen and oxygen atoms in total. The molecule has 166 valence electrons. The number of benzene rings is 2. The van der Waals surface area contributed by atoms with Gasteiger partial charge in [-0.05, 0) is 48.5 Å². The summed E-state index contributed by atoms with van der Waals surface area (Å²) in [5.41, 5.74) is 3.03. The highest BCUT2D eigenvalue weighted by Gasteiger charge is 2.24. The van der Waals surface area contributed by atoms with Crippen molar-refractivity contribution >= 4 is 45.6 Å². The third kappa shape index (κ3) is 4.87. The number of hydrogen-bond acceptors (Lipinski definition) is 7. The van der Waals surface area contributed by atoms with E-state index < -0.39 is 0 Å². The summed E-state index contributed by atoms with van der Waals surface area (Å²) in [5.74, 6) is 1.19. The first-order valence-corrected chi connectivity index (χ1v) is 10.9. The summed E-state index contributed by atoms with van der Waals surface area (Å²) in [5, 5.41) is 10.6. The number of pyridine rings is 1. The van der Waals surface area contributed by atoms with Gasteiger partial charge in [-0.25, -0.2) is 9.97 Å². The molecule has 3 N–H and O–H groups in total. The number of carbonyl (C=O) groups excluding carboxylic acids is 1. The lowest BCUT2D eigenvalue weighted by Crippen LogP contribution is -2.48. The van der Waals surface area contributed by atoms with Crippen LogP contribution in [-0.2, 0) is 11.4 Å². The van der Waals surface area contributed by atoms with E-state index in [9.17, 15) is 4.79 Å². The Bertz CT molecular complexity index is 1300. The first-order valence-electron chi connectivity index (χ1n) is 10.5. The van der Waals surface area contributed by atoms with Crippen LogP contribution in [0, 0.1) is 5.92 Å². The third-order valence-electron chi connectivity index (χ3n) is 5.35. The minimum Gasteiger partial charge on any atom is -0.486 e. The van der Waals surface area contributed by atoms with E-state index in [-0.39, 0.29) is 11.8 Å². The standard InChI is InChI=1S/C24H21ClN6O2/c25-20-10-17(5-7-22(20)33-13-18-3-1-2-8-27-18)30-23-19-9-16(4-6-21(19)28-14-29-23)31-24(32)15-11-26-12-15/h1-10,14-15,26H,11-13H2,(H,31,32)(H,28,29,30). The molecule has 0 bridgehead atoms. The Hall–Kier alpha value is -3.75. The van der Waals surface area contributed by atoms with Crippen molar-refractivity contribution in [1.29, 1.82) is 0 Å². The number of nitrogens with one attached hydrogen (secondary N) is 3. The number of aromatic nitrogens is 3. The van der Waals surface area contributed by atoms with Gasteiger partial charge in [-0.1, -0.05) is 17.7 Å². The smallest absolute Gasteiger partial charge is 0.230 e. The van der Waals surface area contributed by atoms with Gasteiger partial charge in [0.15, 0.2) is 0 Å². The molecule has 1 aliphatic rings. The molecule has 0 unspecified atom stereocenters. The molecule has 0 radical (unpaired) electrons. The van der Waals surface area contributed by atoms with Gasteiger partial charge >= 0.3 is 0 Å². The average Bonchev–Trinajstić information content (AvgIpc) is 2.78. The summed E-state index contributed by atoms with van der Waals surface area (Å²) in [6.45, 7) is 1.74. The Kier molecular flexibility index (Phi) is 6.01. The fraction of sp³-hybridized carbons (Fsp3) is 0.167. The van der Waals surface area contributed by atoms with Crippen LogP contribution in [0.2, 0.25) is 5.02 Å². The van der Waals surface area contributed by atoms with Crippen molar-refractivity contribution < 1.29 is 9.53 Å². The maximum Gasteiger partial charge on any atom is 0.230 e. The van der Waals surface area contributed by atoms with Crippen LogP contribution in [0.25, 0.3) is 10.9 Å². The maximum atomic E-state index is 12.3. The minimum absolute atomic E-state index is 0.00543. The van der Waals surface area contributed by atoms with Crippen molar-refractivity contribution in [2.24, 2.45) is 5.92 Å². The van der Waals surface area contributed by atoms with Crippen LogP contribution in [0.5, 0.6) is 5.75 Å². The number of anilines is 3. The maximum absolute atomic E-state index is 12.3. The number of rotatable bonds is 7. The second-order valence-electron chi connectivity index (χ2n) is 7.68. The zero-order chi connectivity index (χ0) is 22.6. The van der Waals surface area contributed by atoms with Gasteiger partial charge in [0.05, 0.1) is 22.2 Å². The van der Waals surface area contributed by atoms with Gasteiger partial charge in [0.2, 0.25) is 5.91 Å². The second kappa shape index (κ2) is 9.40. The lowest BCUT2D eigenvalue weighted by atomic mass is 10.0. The lowest BCUT2D eigenvalue weighted by Gasteiger charge is -2.25. The van der Waals surface area contributed by atoms with Crippen LogP contribution >= 0.6 is 11.6 Å². The highest BCUT2D eigenvalue weighted by atomic mass is 35.5. The number of carbonyl (C=O) groups is 1. The predicted octanol–water partition coefficient (Wildman–Crippen LogP) is 4.16. The Morgan fingerprint density at radius 2 is 1.94 bits per heavy atom. The summed E-state index contributed by atoms with van der Waals surface area (Å²) in [6.07, 6.45) is 3.22. The molecule has 9 heteroatoms. The second-order valence-corrected chi connectivity index (χ2v) is 8.09. The van der Waals surface area contributed by atoms with Crippen LogP contribution < -0.4 is 20.7 Å². The van der Waals surface area contributed by atoms with E-state index in [2.05, 4.69) is 30.9 Å². The molecule has 0 atom stereocenters. The Morgan fingerprint density at radius 1 is 1.06 bits per heavy atom. The molecular weight excluding hydrogens is 440 g/mol. The summed E-state index contributed by atoms with van der Waals surface area (Å²) in [4.78, 5) is 25.2. The highest BCUT2D eigenvalue weighted by molar-refractivity contribution is 6.32. The fourth-order valence-electron chi connectivity index (χ4n) is 3.42. The molecule has 2 aromatic heterocycles. The van der Waals surface area contributed by atoms with Crippen molar-refractivity contribution in [2.75, 3.05) is 23.7 Å². The Balaban J connectivity index is 1.33. The Morgan fingerprint density at radius 3 is 2.70 bits per heavy atom. The summed E-state index contributed by atoms with van der Waals surface area (Å²) in [6, 6.07) is 16.7. The normalized spacial score (nSPS) is 13.4. The zero-order valence-corrected chi connectivity index (χ0v) is 18.3. The van der Waals surface area contributed by atoms with E-state index >= 15 is 0 Å². The van der Waals surface area contributed by atoms with Crippen LogP contribution in [-0.4, -0.2) is 33.9 Å². The topological polar surface area (TPSA) is 101 Å². The minimum atomic E-state index is 0.00543. The van der Waals surface area contributed by atoms with E-state index in [4.69, 9.17) is 16.3 Å². The molecular formula is C24H21ClN6O2. The van der Waals surface area contributed by atoms with Crippen LogP contribution in [0.3, 0.4) is 0 Å². The van der Waals surface area contributed by atoms with Gasteiger partial charge in [0.1, 0.15) is 24.5 Å². The van der Waals surface area contributed by atoms with E-state index in [1.54, 1.807) is 18.3 Å². The third-order valence-corrected chi connectivity index (χ3v) is 5.65. The quantitative estimate of drug-likeness (QED) is 0.380. The summed E-state index contributed by atoms with van der Waals surface area (Å²) >= 11 is 6.44. The van der Waals surface area contributed by atoms with Gasteiger partial charge in [-0.2, -0.15) is 0 Å². The number of nitrogens with zero attached hydrogens (tertiary/aromatic N) is 3. The predicted molar refractivity (Wildman–Crippen MR) is 128 cm³/mol. The fourth-order valence-corrected chi connectivity index (χ4v) is 3.66. The monoisotopic (exact) mass is 460 g/mol. The number of ether oxygens (including phenoxy) is 1. The van der Waals surface area contributed by atoms with Gasteiger partial charge in [0, 0.05) is 36.0 Å². The van der Waals surface area contributed by atoms with Gasteiger partial charge in [0.25, 0.3) is 0 Å². The van der Waals surface area contributed by atoms with Gasteiger partial charge in [-0.15, -0.1) is 0 Å². The molecule has 33 heavy (non-hydrogen) atoms. The first kappa shape index (κ1) is 21.1. The van der Waals surface area contributed by atoms with Gasteiger partial charge < -0.3 is 20.7 Å². The number of hydrogen-bond donors (Lipinski definition) is 3. The number of halogens is 1. The Labute approximate surface area is 195 Å². The highest BCUT2D eigenvalue weighted by Crippen LogP contribution is 2.31. The van der Waals surface area contributed by atoms with Crippen molar-refractivity contribution in [2.45, 2.75) is 6.61 Å². The average molecular weight is 461 g/mol. The molecule has 3 heterocycles. The van der Waals surface area contributed by atoms with Crippen LogP contribution in [0.15, 0.2) is 67.1 Å². The van der Waals surface area contributed by atoms with Crippen molar-refractivity contribution in [3.63, 3.8) is 0 Å². The van der Waals surface area contributed by atoms with Crippen molar-refractivity contribution in [1.82, 2.24) is 20.3 Å². The SMILES string of the molecule is O=C(Nc1ccc2ncnc(Nc3ccc(OCc4ccccn4)c(Cl)c3)c2c1)C1CNC1. The summed E-state index contributed by atoms with van der Waals surface area (Å²) in [7, 11) is 0. The molecule has 1 saturated heterocycles. The molecule has 5 rings (SSSR count). The molecule has 1 fully saturated rings. The molecule has 2 aromatic carbocycles. The molecule has 0 saturated carbocycles. The summed E-state index contributed by atoms with van der Waals surface area (Å²) < 4.78 is 5.79. The van der Waals surface area contributed by atoms with Crippen molar-refractivity contribution in [3.05, 3.63) is 77.8 Å². The molecule has 4 aromatic rings. The van der Waals surface area contributed by atoms with E-state index in [1.807, 2.05) is 42.5 Å². The van der Waals surface area contributed by atoms with E-state index in [0.717, 1.165) is 22.3 Å². The van der Waals surface area contributed by atoms with Crippen LogP contribution in [0.4, 0.5) is 17.2 Å². The molecule has 1 amide bonds. The first-order chi connectivity index (χ1) is 16.2. The zero-order valence-electron chi connectivity index (χ0n) is 17.6. The molecule has 0 spiro atoms. The van der Waals surface area contributed by atoms with Crippen LogP contribution in [0.1, 0.15) is 5.69 Å². The van der Waals surface area contributed by atoms with Crippen molar-refractivity contribution in [3.8, 4) is 5.75 Å². The lowest BCUT2D eigenvalue weighted by molar-refractivity contribution is -0.121. The molecule has 0 aliphatic carbocycles. The van der Waals surface area contributed by atoms with E-state index in [1.165, 1.54) is 6.33 Å². The number of amides is 1.